The molecule has 0 spiro atoms. The smallest absolute Gasteiger partial charge is 0.123 e. The minimum Gasteiger partial charge on any atom is -0.496 e. The summed E-state index contributed by atoms with van der Waals surface area (Å²) in [5.41, 5.74) is 7.43. The van der Waals surface area contributed by atoms with Gasteiger partial charge in [-0.2, -0.15) is 0 Å². The van der Waals surface area contributed by atoms with E-state index in [1.807, 2.05) is 18.2 Å². The predicted molar refractivity (Wildman–Crippen MR) is 83.0 cm³/mol. The van der Waals surface area contributed by atoms with Gasteiger partial charge in [0, 0.05) is 31.2 Å². The molecular weight excluding hydrogens is 250 g/mol. The lowest BCUT2D eigenvalue weighted by molar-refractivity contribution is 0.259. The van der Waals surface area contributed by atoms with Crippen molar-refractivity contribution in [2.75, 3.05) is 47.4 Å². The third-order valence-electron chi connectivity index (χ3n) is 4.11. The number of ether oxygens (including phenoxy) is 1. The first-order valence-corrected chi connectivity index (χ1v) is 7.35. The highest BCUT2D eigenvalue weighted by molar-refractivity contribution is 5.35. The molecule has 1 aliphatic rings. The molecule has 0 saturated carbocycles. The van der Waals surface area contributed by atoms with E-state index in [1.165, 1.54) is 19.5 Å². The van der Waals surface area contributed by atoms with Gasteiger partial charge in [-0.3, -0.25) is 0 Å². The summed E-state index contributed by atoms with van der Waals surface area (Å²) in [6.45, 7) is 4.40. The number of hydrogen-bond donors (Lipinski definition) is 1. The van der Waals surface area contributed by atoms with Crippen LogP contribution in [0.2, 0.25) is 0 Å². The van der Waals surface area contributed by atoms with Crippen molar-refractivity contribution in [1.82, 2.24) is 9.80 Å². The van der Waals surface area contributed by atoms with Gasteiger partial charge < -0.3 is 20.3 Å². The van der Waals surface area contributed by atoms with Crippen molar-refractivity contribution in [1.29, 1.82) is 0 Å². The van der Waals surface area contributed by atoms with Crippen LogP contribution in [0.25, 0.3) is 0 Å². The van der Waals surface area contributed by atoms with E-state index in [1.54, 1.807) is 7.11 Å². The Balaban J connectivity index is 1.88. The minimum atomic E-state index is -0.00437. The molecule has 0 radical (unpaired) electrons. The summed E-state index contributed by atoms with van der Waals surface area (Å²) in [4.78, 5) is 4.75. The third kappa shape index (κ3) is 3.95. The number of para-hydroxylation sites is 1. The number of benzene rings is 1. The highest BCUT2D eigenvalue weighted by Crippen LogP contribution is 2.24. The summed E-state index contributed by atoms with van der Waals surface area (Å²) in [5, 5.41) is 0. The predicted octanol–water partition coefficient (Wildman–Crippen LogP) is 1.58. The van der Waals surface area contributed by atoms with Crippen LogP contribution in [-0.4, -0.2) is 57.2 Å². The fourth-order valence-corrected chi connectivity index (χ4v) is 3.10. The van der Waals surface area contributed by atoms with Gasteiger partial charge >= 0.3 is 0 Å². The van der Waals surface area contributed by atoms with Gasteiger partial charge in [-0.25, -0.2) is 0 Å². The Morgan fingerprint density at radius 2 is 2.20 bits per heavy atom. The Morgan fingerprint density at radius 3 is 2.85 bits per heavy atom. The number of rotatable bonds is 6. The lowest BCUT2D eigenvalue weighted by Crippen LogP contribution is -2.33. The molecule has 4 heteroatoms. The maximum Gasteiger partial charge on any atom is 0.123 e. The van der Waals surface area contributed by atoms with Crippen molar-refractivity contribution in [3.05, 3.63) is 29.8 Å². The Labute approximate surface area is 122 Å². The van der Waals surface area contributed by atoms with Gasteiger partial charge in [0.1, 0.15) is 5.75 Å². The quantitative estimate of drug-likeness (QED) is 0.857. The molecule has 0 amide bonds. The van der Waals surface area contributed by atoms with Crippen LogP contribution in [0.1, 0.15) is 18.0 Å². The molecule has 2 atom stereocenters. The largest absolute Gasteiger partial charge is 0.496 e. The average molecular weight is 277 g/mol. The van der Waals surface area contributed by atoms with E-state index < -0.39 is 0 Å². The van der Waals surface area contributed by atoms with Crippen molar-refractivity contribution in [2.24, 2.45) is 11.7 Å². The lowest BCUT2D eigenvalue weighted by atomic mass is 10.0. The summed E-state index contributed by atoms with van der Waals surface area (Å²) in [6, 6.07) is 8.02. The highest BCUT2D eigenvalue weighted by Gasteiger charge is 2.22. The zero-order valence-electron chi connectivity index (χ0n) is 12.9. The molecule has 1 aliphatic heterocycles. The second kappa shape index (κ2) is 7.07. The standard InChI is InChI=1S/C16H27N3O/c1-18-9-8-13(10-18)11-19(2)12-15(17)14-6-4-5-7-16(14)20-3/h4-7,13,15H,8-12,17H2,1-3H3. The Bertz CT molecular complexity index is 424. The molecule has 2 rings (SSSR count). The number of nitrogens with two attached hydrogens (primary N) is 1. The summed E-state index contributed by atoms with van der Waals surface area (Å²) in [7, 11) is 6.05. The van der Waals surface area contributed by atoms with Crippen LogP contribution in [0.5, 0.6) is 5.75 Å². The summed E-state index contributed by atoms with van der Waals surface area (Å²) >= 11 is 0. The fraction of sp³-hybridized carbons (Fsp3) is 0.625. The first-order valence-electron chi connectivity index (χ1n) is 7.35. The molecule has 0 aliphatic carbocycles. The third-order valence-corrected chi connectivity index (χ3v) is 4.11. The number of nitrogens with zero attached hydrogens (tertiary/aromatic N) is 2. The molecular formula is C16H27N3O. The fourth-order valence-electron chi connectivity index (χ4n) is 3.10. The SMILES string of the molecule is COc1ccccc1C(N)CN(C)CC1CCN(C)C1. The van der Waals surface area contributed by atoms with E-state index in [0.717, 1.165) is 30.3 Å². The topological polar surface area (TPSA) is 41.7 Å². The zero-order chi connectivity index (χ0) is 14.5. The molecule has 0 bridgehead atoms. The van der Waals surface area contributed by atoms with Crippen molar-refractivity contribution in [2.45, 2.75) is 12.5 Å². The molecule has 1 aromatic carbocycles. The van der Waals surface area contributed by atoms with Crippen LogP contribution >= 0.6 is 0 Å². The van der Waals surface area contributed by atoms with Gasteiger partial charge in [-0.05, 0) is 39.0 Å². The molecule has 2 N–H and O–H groups in total. The normalized spacial score (nSPS) is 21.4. The Hall–Kier alpha value is -1.10. The monoisotopic (exact) mass is 277 g/mol. The van der Waals surface area contributed by atoms with Crippen molar-refractivity contribution >= 4 is 0 Å². The second-order valence-corrected chi connectivity index (χ2v) is 5.99. The maximum absolute atomic E-state index is 6.34. The van der Waals surface area contributed by atoms with Crippen molar-refractivity contribution in [3.63, 3.8) is 0 Å². The van der Waals surface area contributed by atoms with Crippen LogP contribution in [-0.2, 0) is 0 Å². The van der Waals surface area contributed by atoms with Crippen LogP contribution in [0.4, 0.5) is 0 Å². The van der Waals surface area contributed by atoms with Crippen LogP contribution in [0, 0.1) is 5.92 Å². The summed E-state index contributed by atoms with van der Waals surface area (Å²) < 4.78 is 5.39. The molecule has 1 aromatic rings. The molecule has 1 saturated heterocycles. The molecule has 20 heavy (non-hydrogen) atoms. The molecule has 0 aromatic heterocycles. The number of methoxy groups -OCH3 is 1. The molecule has 4 nitrogen and oxygen atoms in total. The van der Waals surface area contributed by atoms with E-state index in [4.69, 9.17) is 10.5 Å². The van der Waals surface area contributed by atoms with Crippen LogP contribution < -0.4 is 10.5 Å². The lowest BCUT2D eigenvalue weighted by Gasteiger charge is -2.25. The average Bonchev–Trinajstić information content (AvgIpc) is 2.83. The van der Waals surface area contributed by atoms with Gasteiger partial charge in [0.05, 0.1) is 7.11 Å². The van der Waals surface area contributed by atoms with E-state index in [2.05, 4.69) is 30.0 Å². The van der Waals surface area contributed by atoms with Crippen molar-refractivity contribution < 1.29 is 4.74 Å². The summed E-state index contributed by atoms with van der Waals surface area (Å²) in [6.07, 6.45) is 1.30. The van der Waals surface area contributed by atoms with Crippen LogP contribution in [0.3, 0.4) is 0 Å². The van der Waals surface area contributed by atoms with Gasteiger partial charge in [-0.15, -0.1) is 0 Å². The molecule has 1 heterocycles. The first kappa shape index (κ1) is 15.3. The highest BCUT2D eigenvalue weighted by atomic mass is 16.5. The Morgan fingerprint density at radius 1 is 1.45 bits per heavy atom. The van der Waals surface area contributed by atoms with Gasteiger partial charge in [0.25, 0.3) is 0 Å². The van der Waals surface area contributed by atoms with Gasteiger partial charge in [0.2, 0.25) is 0 Å². The van der Waals surface area contributed by atoms with E-state index >= 15 is 0 Å². The number of hydrogen-bond acceptors (Lipinski definition) is 4. The molecule has 112 valence electrons. The summed E-state index contributed by atoms with van der Waals surface area (Å²) in [5.74, 6) is 1.66. The van der Waals surface area contributed by atoms with Crippen LogP contribution in [0.15, 0.2) is 24.3 Å². The van der Waals surface area contributed by atoms with E-state index in [0.29, 0.717) is 0 Å². The minimum absolute atomic E-state index is 0.00437. The second-order valence-electron chi connectivity index (χ2n) is 5.99. The first-order chi connectivity index (χ1) is 9.60. The van der Waals surface area contributed by atoms with Crippen molar-refractivity contribution in [3.8, 4) is 5.75 Å². The zero-order valence-corrected chi connectivity index (χ0v) is 12.9. The van der Waals surface area contributed by atoms with E-state index in [-0.39, 0.29) is 6.04 Å². The van der Waals surface area contributed by atoms with Gasteiger partial charge in [0.15, 0.2) is 0 Å². The molecule has 2 unspecified atom stereocenters. The molecule has 1 fully saturated rings. The number of likely N-dealkylation sites (tertiary alicyclic amines) is 1. The van der Waals surface area contributed by atoms with E-state index in [9.17, 15) is 0 Å². The maximum atomic E-state index is 6.34. The number of likely N-dealkylation sites (N-methyl/N-ethyl adjacent to an activating group) is 1. The van der Waals surface area contributed by atoms with Gasteiger partial charge in [-0.1, -0.05) is 18.2 Å². The Kier molecular flexibility index (Phi) is 5.40.